The van der Waals surface area contributed by atoms with E-state index >= 15 is 0 Å². The summed E-state index contributed by atoms with van der Waals surface area (Å²) in [4.78, 5) is 2.42. The van der Waals surface area contributed by atoms with Crippen LogP contribution >= 0.6 is 0 Å². The van der Waals surface area contributed by atoms with Gasteiger partial charge in [-0.1, -0.05) is 176 Å². The maximum atomic E-state index is 4.88. The third-order valence-corrected chi connectivity index (χ3v) is 14.7. The largest absolute Gasteiger partial charge is 0.310 e. The normalized spacial score (nSPS) is 17.4. The Bertz CT molecular complexity index is 3700. The van der Waals surface area contributed by atoms with Crippen LogP contribution in [0, 0.1) is 5.92 Å². The summed E-state index contributed by atoms with van der Waals surface area (Å²) in [5.74, 6) is 1.98. The number of benzene rings is 9. The number of fused-ring (bicyclic) bond motifs is 13. The van der Waals surface area contributed by atoms with E-state index in [1.165, 1.54) is 55.2 Å². The number of para-hydroxylation sites is 3. The Morgan fingerprint density at radius 2 is 0.912 bits per heavy atom. The van der Waals surface area contributed by atoms with E-state index in [4.69, 9.17) is 10.2 Å². The molecule has 0 amide bonds. The van der Waals surface area contributed by atoms with Gasteiger partial charge >= 0.3 is 0 Å². The molecule has 2 heterocycles. The molecule has 3 aliphatic carbocycles. The van der Waals surface area contributed by atoms with Gasteiger partial charge in [0.25, 0.3) is 0 Å². The van der Waals surface area contributed by atoms with E-state index in [-0.39, 0.29) is 11.8 Å². The first-order chi connectivity index (χ1) is 33.8. The SMILES string of the molecule is C1=CC2c3ccccc3C3(c4cc(N(c5ccccc5)c5ccc(-n6c7ccccc7c7ccccc76)cc5)ccc4-c4ccc(-n5c(-c6ccccc6)nnc5-c5ccccc5)cc43)C2C=C1. The van der Waals surface area contributed by atoms with Gasteiger partial charge in [0, 0.05) is 62.2 Å². The van der Waals surface area contributed by atoms with Crippen LogP contribution in [0.25, 0.3) is 67.1 Å². The summed E-state index contributed by atoms with van der Waals surface area (Å²) < 4.78 is 4.64. The summed E-state index contributed by atoms with van der Waals surface area (Å²) in [6.45, 7) is 0. The van der Waals surface area contributed by atoms with Crippen LogP contribution in [0.5, 0.6) is 0 Å². The number of rotatable bonds is 7. The smallest absolute Gasteiger partial charge is 0.168 e. The molecule has 68 heavy (non-hydrogen) atoms. The molecule has 0 saturated carbocycles. The van der Waals surface area contributed by atoms with Crippen molar-refractivity contribution in [2.24, 2.45) is 5.92 Å². The van der Waals surface area contributed by atoms with Crippen molar-refractivity contribution in [2.75, 3.05) is 4.90 Å². The highest BCUT2D eigenvalue weighted by Crippen LogP contribution is 2.66. The second-order valence-corrected chi connectivity index (χ2v) is 18.1. The molecule has 3 unspecified atom stereocenters. The summed E-state index contributed by atoms with van der Waals surface area (Å²) in [5, 5.41) is 12.3. The van der Waals surface area contributed by atoms with Crippen molar-refractivity contribution in [3.05, 3.63) is 271 Å². The number of hydrogen-bond acceptors (Lipinski definition) is 3. The average Bonchev–Trinajstić information content (AvgIpc) is 4.16. The quantitative estimate of drug-likeness (QED) is 0.160. The molecule has 0 N–H and O–H groups in total. The molecule has 2 aromatic heterocycles. The number of anilines is 3. The summed E-state index contributed by atoms with van der Waals surface area (Å²) in [5.41, 5.74) is 17.3. The lowest BCUT2D eigenvalue weighted by Crippen LogP contribution is -2.33. The molecular formula is C63H43N5. The number of allylic oxidation sites excluding steroid dienone is 4. The molecule has 5 nitrogen and oxygen atoms in total. The molecule has 9 aromatic carbocycles. The van der Waals surface area contributed by atoms with Gasteiger partial charge in [0.15, 0.2) is 11.6 Å². The van der Waals surface area contributed by atoms with Crippen LogP contribution in [0.2, 0.25) is 0 Å². The second-order valence-electron chi connectivity index (χ2n) is 18.1. The van der Waals surface area contributed by atoms with Crippen molar-refractivity contribution in [3.8, 4) is 45.3 Å². The van der Waals surface area contributed by atoms with Crippen molar-refractivity contribution in [3.63, 3.8) is 0 Å². The van der Waals surface area contributed by atoms with E-state index < -0.39 is 5.41 Å². The molecule has 3 aliphatic rings. The van der Waals surface area contributed by atoms with Crippen LogP contribution in [0.4, 0.5) is 17.1 Å². The van der Waals surface area contributed by atoms with Crippen LogP contribution in [0.3, 0.4) is 0 Å². The Morgan fingerprint density at radius 3 is 1.59 bits per heavy atom. The zero-order chi connectivity index (χ0) is 44.8. The van der Waals surface area contributed by atoms with Crippen LogP contribution in [0.15, 0.2) is 249 Å². The highest BCUT2D eigenvalue weighted by molar-refractivity contribution is 6.09. The van der Waals surface area contributed by atoms with Crippen LogP contribution < -0.4 is 4.90 Å². The Hall–Kier alpha value is -8.80. The summed E-state index contributed by atoms with van der Waals surface area (Å²) in [6.07, 6.45) is 9.38. The molecule has 3 atom stereocenters. The van der Waals surface area contributed by atoms with Gasteiger partial charge in [0.1, 0.15) is 0 Å². The van der Waals surface area contributed by atoms with Gasteiger partial charge in [-0.05, 0) is 106 Å². The van der Waals surface area contributed by atoms with Crippen molar-refractivity contribution in [1.82, 2.24) is 19.3 Å². The summed E-state index contributed by atoms with van der Waals surface area (Å²) in [6, 6.07) is 81.6. The molecule has 11 aromatic rings. The summed E-state index contributed by atoms with van der Waals surface area (Å²) in [7, 11) is 0. The van der Waals surface area contributed by atoms with Crippen molar-refractivity contribution in [1.29, 1.82) is 0 Å². The zero-order valence-electron chi connectivity index (χ0n) is 37.1. The Kier molecular flexibility index (Phi) is 8.56. The Labute approximate surface area is 394 Å². The van der Waals surface area contributed by atoms with Gasteiger partial charge in [-0.2, -0.15) is 0 Å². The lowest BCUT2D eigenvalue weighted by molar-refractivity contribution is 0.465. The van der Waals surface area contributed by atoms with Crippen LogP contribution in [-0.4, -0.2) is 19.3 Å². The minimum atomic E-state index is -0.490. The summed E-state index contributed by atoms with van der Waals surface area (Å²) >= 11 is 0. The van der Waals surface area contributed by atoms with Gasteiger partial charge in [-0.15, -0.1) is 10.2 Å². The highest BCUT2D eigenvalue weighted by atomic mass is 15.3. The minimum Gasteiger partial charge on any atom is -0.310 e. The van der Waals surface area contributed by atoms with E-state index in [9.17, 15) is 0 Å². The third-order valence-electron chi connectivity index (χ3n) is 14.7. The number of aromatic nitrogens is 4. The maximum Gasteiger partial charge on any atom is 0.168 e. The molecule has 0 fully saturated rings. The third kappa shape index (κ3) is 5.56. The first kappa shape index (κ1) is 38.5. The first-order valence-corrected chi connectivity index (χ1v) is 23.5. The van der Waals surface area contributed by atoms with Crippen molar-refractivity contribution < 1.29 is 0 Å². The van der Waals surface area contributed by atoms with E-state index in [1.807, 2.05) is 12.1 Å². The fraction of sp³-hybridized carbons (Fsp3) is 0.0476. The standard InChI is InChI=1S/C63H43N5/c1-4-18-42(19-5-1)61-64-65-62(43-20-6-2-7-21-43)68(61)48-37-39-52-51-38-36-47(40-57(51)63(58(52)41-48)55-28-14-10-24-49(55)50-25-11-15-29-56(50)63)66(44-22-8-3-9-23-44)45-32-34-46(35-33-45)67-59-30-16-12-26-53(59)54-27-13-17-31-60(54)67/h1-41,49,55H. The van der Waals surface area contributed by atoms with Crippen molar-refractivity contribution in [2.45, 2.75) is 11.3 Å². The first-order valence-electron chi connectivity index (χ1n) is 23.5. The molecule has 5 heteroatoms. The fourth-order valence-corrected chi connectivity index (χ4v) is 12.0. The van der Waals surface area contributed by atoms with Crippen LogP contribution in [-0.2, 0) is 5.41 Å². The van der Waals surface area contributed by atoms with Gasteiger partial charge < -0.3 is 9.47 Å². The average molecular weight is 870 g/mol. The van der Waals surface area contributed by atoms with Crippen molar-refractivity contribution >= 4 is 38.9 Å². The molecule has 0 radical (unpaired) electrons. The zero-order valence-corrected chi connectivity index (χ0v) is 37.1. The Balaban J connectivity index is 0.973. The monoisotopic (exact) mass is 869 g/mol. The van der Waals surface area contributed by atoms with Gasteiger partial charge in [-0.3, -0.25) is 4.57 Å². The molecule has 0 bridgehead atoms. The molecule has 14 rings (SSSR count). The van der Waals surface area contributed by atoms with Gasteiger partial charge in [-0.25, -0.2) is 0 Å². The predicted octanol–water partition coefficient (Wildman–Crippen LogP) is 15.3. The fourth-order valence-electron chi connectivity index (χ4n) is 12.0. The van der Waals surface area contributed by atoms with E-state index in [0.717, 1.165) is 51.2 Å². The van der Waals surface area contributed by atoms with E-state index in [0.29, 0.717) is 0 Å². The molecule has 0 aliphatic heterocycles. The van der Waals surface area contributed by atoms with E-state index in [1.54, 1.807) is 0 Å². The Morgan fingerprint density at radius 1 is 0.397 bits per heavy atom. The lowest BCUT2D eigenvalue weighted by atomic mass is 9.65. The second kappa shape index (κ2) is 15.1. The molecule has 1 spiro atoms. The highest BCUT2D eigenvalue weighted by Gasteiger charge is 2.57. The molecule has 0 saturated heterocycles. The topological polar surface area (TPSA) is 38.9 Å². The number of nitrogens with zero attached hydrogens (tertiary/aromatic N) is 5. The number of hydrogen-bond donors (Lipinski definition) is 0. The van der Waals surface area contributed by atoms with Gasteiger partial charge in [0.05, 0.1) is 16.4 Å². The molecular weight excluding hydrogens is 827 g/mol. The predicted molar refractivity (Wildman–Crippen MR) is 278 cm³/mol. The maximum absolute atomic E-state index is 4.88. The minimum absolute atomic E-state index is 0.147. The van der Waals surface area contributed by atoms with E-state index in [2.05, 4.69) is 251 Å². The molecule has 320 valence electrons. The van der Waals surface area contributed by atoms with Crippen LogP contribution in [0.1, 0.15) is 28.2 Å². The lowest BCUT2D eigenvalue weighted by Gasteiger charge is -2.37. The van der Waals surface area contributed by atoms with Gasteiger partial charge in [0.2, 0.25) is 0 Å².